The highest BCUT2D eigenvalue weighted by Gasteiger charge is 2.50. The van der Waals surface area contributed by atoms with E-state index in [0.717, 1.165) is 29.7 Å². The average Bonchev–Trinajstić information content (AvgIpc) is 2.79. The highest BCUT2D eigenvalue weighted by atomic mass is 35.5. The van der Waals surface area contributed by atoms with E-state index in [0.29, 0.717) is 16.9 Å². The molecule has 114 valence electrons. The number of methoxy groups -OCH3 is 1. The van der Waals surface area contributed by atoms with Crippen LogP contribution in [0, 0.1) is 5.41 Å². The summed E-state index contributed by atoms with van der Waals surface area (Å²) < 4.78 is 7.90. The molecule has 0 N–H and O–H groups in total. The second-order valence-electron chi connectivity index (χ2n) is 6.24. The maximum atomic E-state index is 6.30. The van der Waals surface area contributed by atoms with Crippen molar-refractivity contribution >= 4 is 34.2 Å². The molecule has 0 saturated heterocycles. The predicted octanol–water partition coefficient (Wildman–Crippen LogP) is 4.46. The monoisotopic (exact) mass is 326 g/mol. The minimum atomic E-state index is 0.0752. The SMILES string of the molecule is COC1CC(n2c(CCCl)nc3c(Cl)cccc32)C1(C)C. The van der Waals surface area contributed by atoms with Crippen LogP contribution in [0.1, 0.15) is 32.1 Å². The minimum Gasteiger partial charge on any atom is -0.381 e. The predicted molar refractivity (Wildman–Crippen MR) is 87.4 cm³/mol. The molecule has 3 nitrogen and oxygen atoms in total. The normalized spacial score (nSPS) is 24.2. The molecule has 2 unspecified atom stereocenters. The van der Waals surface area contributed by atoms with Crippen LogP contribution in [0.2, 0.25) is 5.02 Å². The smallest absolute Gasteiger partial charge is 0.111 e. The third-order valence-electron chi connectivity index (χ3n) is 4.78. The van der Waals surface area contributed by atoms with E-state index >= 15 is 0 Å². The standard InChI is InChI=1S/C16H20Cl2N2O/c1-16(2)12(9-13(16)21-3)20-11-6-4-5-10(18)15(11)19-14(20)7-8-17/h4-6,12-13H,7-9H2,1-3H3. The molecule has 0 radical (unpaired) electrons. The van der Waals surface area contributed by atoms with Gasteiger partial charge in [0.05, 0.1) is 16.6 Å². The van der Waals surface area contributed by atoms with Gasteiger partial charge >= 0.3 is 0 Å². The number of alkyl halides is 1. The van der Waals surface area contributed by atoms with E-state index in [9.17, 15) is 0 Å². The maximum absolute atomic E-state index is 6.30. The number of hydrogen-bond acceptors (Lipinski definition) is 2. The second kappa shape index (κ2) is 5.45. The van der Waals surface area contributed by atoms with Crippen LogP contribution in [0.3, 0.4) is 0 Å². The van der Waals surface area contributed by atoms with E-state index in [2.05, 4.69) is 24.5 Å². The van der Waals surface area contributed by atoms with Crippen LogP contribution in [0.4, 0.5) is 0 Å². The summed E-state index contributed by atoms with van der Waals surface area (Å²) in [5.41, 5.74) is 2.04. The fourth-order valence-corrected chi connectivity index (χ4v) is 3.82. The lowest BCUT2D eigenvalue weighted by Crippen LogP contribution is -2.51. The second-order valence-corrected chi connectivity index (χ2v) is 7.03. The Morgan fingerprint density at radius 3 is 2.81 bits per heavy atom. The van der Waals surface area contributed by atoms with Gasteiger partial charge in [0.15, 0.2) is 0 Å². The lowest BCUT2D eigenvalue weighted by Gasteiger charge is -2.52. The summed E-state index contributed by atoms with van der Waals surface area (Å²) in [6.07, 6.45) is 2.02. The summed E-state index contributed by atoms with van der Waals surface area (Å²) in [4.78, 5) is 4.73. The fraction of sp³-hybridized carbons (Fsp3) is 0.562. The van der Waals surface area contributed by atoms with Gasteiger partial charge in [0.1, 0.15) is 11.3 Å². The topological polar surface area (TPSA) is 27.1 Å². The number of benzene rings is 1. The van der Waals surface area contributed by atoms with Gasteiger partial charge in [0, 0.05) is 30.9 Å². The van der Waals surface area contributed by atoms with E-state index in [1.807, 2.05) is 12.1 Å². The van der Waals surface area contributed by atoms with Gasteiger partial charge in [-0.3, -0.25) is 0 Å². The minimum absolute atomic E-state index is 0.0752. The zero-order valence-electron chi connectivity index (χ0n) is 12.6. The van der Waals surface area contributed by atoms with E-state index in [1.54, 1.807) is 7.11 Å². The van der Waals surface area contributed by atoms with Crippen LogP contribution in [-0.2, 0) is 11.2 Å². The van der Waals surface area contributed by atoms with Crippen molar-refractivity contribution in [1.82, 2.24) is 9.55 Å². The molecule has 0 aliphatic heterocycles. The maximum Gasteiger partial charge on any atom is 0.111 e. The number of halogens is 2. The van der Waals surface area contributed by atoms with Gasteiger partial charge < -0.3 is 9.30 Å². The number of aryl methyl sites for hydroxylation is 1. The van der Waals surface area contributed by atoms with Crippen molar-refractivity contribution in [1.29, 1.82) is 0 Å². The summed E-state index contributed by atoms with van der Waals surface area (Å²) >= 11 is 12.3. The molecular weight excluding hydrogens is 307 g/mol. The first-order valence-electron chi connectivity index (χ1n) is 7.24. The summed E-state index contributed by atoms with van der Waals surface area (Å²) in [7, 11) is 1.78. The highest BCUT2D eigenvalue weighted by molar-refractivity contribution is 6.34. The third kappa shape index (κ3) is 2.26. The largest absolute Gasteiger partial charge is 0.381 e. The van der Waals surface area contributed by atoms with Crippen molar-refractivity contribution in [3.8, 4) is 0 Å². The fourth-order valence-electron chi connectivity index (χ4n) is 3.44. The Labute approximate surface area is 135 Å². The summed E-state index contributed by atoms with van der Waals surface area (Å²) in [5, 5.41) is 0.697. The van der Waals surface area contributed by atoms with E-state index in [4.69, 9.17) is 32.9 Å². The Kier molecular flexibility index (Phi) is 3.93. The lowest BCUT2D eigenvalue weighted by atomic mass is 9.64. The molecule has 3 rings (SSSR count). The molecule has 0 bridgehead atoms. The molecule has 1 saturated carbocycles. The molecule has 1 heterocycles. The van der Waals surface area contributed by atoms with Gasteiger partial charge in [-0.1, -0.05) is 31.5 Å². The molecule has 1 aliphatic rings. The first kappa shape index (κ1) is 15.1. The number of hydrogen-bond donors (Lipinski definition) is 0. The Balaban J connectivity index is 2.13. The number of nitrogens with zero attached hydrogens (tertiary/aromatic N) is 2. The lowest BCUT2D eigenvalue weighted by molar-refractivity contribution is -0.112. The quantitative estimate of drug-likeness (QED) is 0.776. The van der Waals surface area contributed by atoms with Gasteiger partial charge in [0.2, 0.25) is 0 Å². The van der Waals surface area contributed by atoms with E-state index in [-0.39, 0.29) is 11.5 Å². The van der Waals surface area contributed by atoms with E-state index in [1.165, 1.54) is 0 Å². The molecule has 0 amide bonds. The first-order valence-corrected chi connectivity index (χ1v) is 8.16. The molecule has 1 fully saturated rings. The van der Waals surface area contributed by atoms with Crippen molar-refractivity contribution in [3.05, 3.63) is 29.0 Å². The molecule has 1 aliphatic carbocycles. The number of para-hydroxylation sites is 1. The van der Waals surface area contributed by atoms with Crippen LogP contribution in [-0.4, -0.2) is 28.6 Å². The number of rotatable bonds is 4. The molecule has 2 atom stereocenters. The molecule has 2 aromatic rings. The first-order chi connectivity index (χ1) is 10.0. The zero-order chi connectivity index (χ0) is 15.2. The Morgan fingerprint density at radius 1 is 1.43 bits per heavy atom. The molecule has 1 aromatic carbocycles. The molecular formula is C16H20Cl2N2O. The van der Waals surface area contributed by atoms with Crippen molar-refractivity contribution in [2.24, 2.45) is 5.41 Å². The average molecular weight is 327 g/mol. The van der Waals surface area contributed by atoms with Crippen molar-refractivity contribution < 1.29 is 4.74 Å². The van der Waals surface area contributed by atoms with E-state index < -0.39 is 0 Å². The number of aromatic nitrogens is 2. The van der Waals surface area contributed by atoms with Gasteiger partial charge in [-0.2, -0.15) is 0 Å². The van der Waals surface area contributed by atoms with Crippen molar-refractivity contribution in [2.45, 2.75) is 38.8 Å². The van der Waals surface area contributed by atoms with Gasteiger partial charge in [0.25, 0.3) is 0 Å². The van der Waals surface area contributed by atoms with Gasteiger partial charge in [-0.25, -0.2) is 4.98 Å². The van der Waals surface area contributed by atoms with Gasteiger partial charge in [-0.05, 0) is 18.6 Å². The summed E-state index contributed by atoms with van der Waals surface area (Å²) in [5.74, 6) is 1.57. The van der Waals surface area contributed by atoms with Crippen LogP contribution in [0.15, 0.2) is 18.2 Å². The summed E-state index contributed by atoms with van der Waals surface area (Å²) in [6.45, 7) is 4.49. The van der Waals surface area contributed by atoms with Crippen LogP contribution in [0.5, 0.6) is 0 Å². The van der Waals surface area contributed by atoms with Crippen LogP contribution < -0.4 is 0 Å². The summed E-state index contributed by atoms with van der Waals surface area (Å²) in [6, 6.07) is 6.31. The molecule has 5 heteroatoms. The Morgan fingerprint density at radius 2 is 2.19 bits per heavy atom. The molecule has 0 spiro atoms. The van der Waals surface area contributed by atoms with Gasteiger partial charge in [-0.15, -0.1) is 11.6 Å². The molecule has 21 heavy (non-hydrogen) atoms. The Bertz CT molecular complexity index is 666. The van der Waals surface area contributed by atoms with Crippen LogP contribution in [0.25, 0.3) is 11.0 Å². The number of imidazole rings is 1. The Hall–Kier alpha value is -0.770. The molecule has 1 aromatic heterocycles. The number of fused-ring (bicyclic) bond motifs is 1. The van der Waals surface area contributed by atoms with Crippen molar-refractivity contribution in [3.63, 3.8) is 0 Å². The third-order valence-corrected chi connectivity index (χ3v) is 5.28. The highest BCUT2D eigenvalue weighted by Crippen LogP contribution is 2.52. The van der Waals surface area contributed by atoms with Crippen molar-refractivity contribution in [2.75, 3.05) is 13.0 Å². The van der Waals surface area contributed by atoms with Crippen LogP contribution >= 0.6 is 23.2 Å². The zero-order valence-corrected chi connectivity index (χ0v) is 14.1. The number of ether oxygens (including phenoxy) is 1.